The van der Waals surface area contributed by atoms with Gasteiger partial charge in [-0.25, -0.2) is 17.8 Å². The van der Waals surface area contributed by atoms with Crippen molar-refractivity contribution in [3.8, 4) is 11.5 Å². The maximum atomic E-state index is 13.7. The molecular weight excluding hydrogens is 293 g/mol. The molecule has 1 aromatic heterocycles. The van der Waals surface area contributed by atoms with Gasteiger partial charge in [-0.1, -0.05) is 19.1 Å². The Balaban J connectivity index is 2.16. The predicted molar refractivity (Wildman–Crippen MR) is 77.1 cm³/mol. The molecule has 0 amide bonds. The summed E-state index contributed by atoms with van der Waals surface area (Å²) in [5.74, 6) is -0.295. The van der Waals surface area contributed by atoms with Crippen LogP contribution in [-0.2, 0) is 9.84 Å². The third kappa shape index (κ3) is 2.42. The lowest BCUT2D eigenvalue weighted by atomic mass is 10.2. The fourth-order valence-electron chi connectivity index (χ4n) is 2.02. The average Bonchev–Trinajstić information content (AvgIpc) is 2.90. The van der Waals surface area contributed by atoms with Gasteiger partial charge in [-0.3, -0.25) is 0 Å². The largest absolute Gasteiger partial charge is 0.436 e. The number of rotatable bonds is 3. The third-order valence-corrected chi connectivity index (χ3v) is 4.93. The van der Waals surface area contributed by atoms with E-state index in [4.69, 9.17) is 4.42 Å². The van der Waals surface area contributed by atoms with Gasteiger partial charge in [0.2, 0.25) is 5.89 Å². The van der Waals surface area contributed by atoms with Gasteiger partial charge >= 0.3 is 0 Å². The minimum Gasteiger partial charge on any atom is -0.436 e. The second kappa shape index (κ2) is 4.96. The van der Waals surface area contributed by atoms with Crippen LogP contribution in [0.2, 0.25) is 0 Å². The molecule has 1 heterocycles. The third-order valence-electron chi connectivity index (χ3n) is 3.20. The Morgan fingerprint density at radius 2 is 1.95 bits per heavy atom. The molecule has 0 N–H and O–H groups in total. The molecule has 0 saturated heterocycles. The van der Waals surface area contributed by atoms with Crippen LogP contribution in [0.4, 0.5) is 4.39 Å². The van der Waals surface area contributed by atoms with Gasteiger partial charge in [-0.15, -0.1) is 0 Å². The number of nitrogens with zero attached hydrogens (tertiary/aromatic N) is 1. The number of benzene rings is 2. The summed E-state index contributed by atoms with van der Waals surface area (Å²) in [6.07, 6.45) is 0. The molecule has 3 rings (SSSR count). The minimum atomic E-state index is -3.31. The normalized spacial score (nSPS) is 11.9. The molecule has 0 unspecified atom stereocenters. The first-order valence-corrected chi connectivity index (χ1v) is 8.05. The lowest BCUT2D eigenvalue weighted by molar-refractivity contribution is 0.593. The second-order valence-corrected chi connectivity index (χ2v) is 6.81. The van der Waals surface area contributed by atoms with Gasteiger partial charge in [0.1, 0.15) is 11.3 Å². The summed E-state index contributed by atoms with van der Waals surface area (Å²) in [7, 11) is -3.31. The molecule has 3 aromatic rings. The van der Waals surface area contributed by atoms with Crippen molar-refractivity contribution in [2.75, 3.05) is 5.75 Å². The number of hydrogen-bond acceptors (Lipinski definition) is 4. The van der Waals surface area contributed by atoms with Gasteiger partial charge in [0.25, 0.3) is 0 Å². The molecule has 0 saturated carbocycles. The van der Waals surface area contributed by atoms with Gasteiger partial charge in [-0.05, 0) is 30.3 Å². The van der Waals surface area contributed by atoms with E-state index >= 15 is 0 Å². The SMILES string of the molecule is CCS(=O)(=O)c1ccc2oc(-c3ccccc3F)nc2c1. The molecule has 0 fully saturated rings. The number of hydrogen-bond donors (Lipinski definition) is 0. The number of sulfone groups is 1. The van der Waals surface area contributed by atoms with Crippen LogP contribution in [0, 0.1) is 5.82 Å². The predicted octanol–water partition coefficient (Wildman–Crippen LogP) is 3.43. The fourth-order valence-corrected chi connectivity index (χ4v) is 2.92. The first kappa shape index (κ1) is 13.8. The quantitative estimate of drug-likeness (QED) is 0.744. The van der Waals surface area contributed by atoms with Crippen LogP contribution < -0.4 is 0 Å². The van der Waals surface area contributed by atoms with Crippen molar-refractivity contribution >= 4 is 20.9 Å². The van der Waals surface area contributed by atoms with E-state index in [9.17, 15) is 12.8 Å². The van der Waals surface area contributed by atoms with Crippen LogP contribution in [0.3, 0.4) is 0 Å². The minimum absolute atomic E-state index is 0.0104. The van der Waals surface area contributed by atoms with E-state index in [0.29, 0.717) is 11.1 Å². The number of halogens is 1. The molecule has 2 aromatic carbocycles. The number of aromatic nitrogens is 1. The Morgan fingerprint density at radius 1 is 1.19 bits per heavy atom. The summed E-state index contributed by atoms with van der Waals surface area (Å²) in [5.41, 5.74) is 1.06. The van der Waals surface area contributed by atoms with E-state index in [2.05, 4.69) is 4.98 Å². The van der Waals surface area contributed by atoms with Crippen LogP contribution in [-0.4, -0.2) is 19.2 Å². The number of fused-ring (bicyclic) bond motifs is 1. The van der Waals surface area contributed by atoms with E-state index < -0.39 is 15.7 Å². The Labute approximate surface area is 121 Å². The molecule has 108 valence electrons. The summed E-state index contributed by atoms with van der Waals surface area (Å²) < 4.78 is 42.9. The highest BCUT2D eigenvalue weighted by molar-refractivity contribution is 7.91. The van der Waals surface area contributed by atoms with Crippen molar-refractivity contribution < 1.29 is 17.2 Å². The molecule has 0 bridgehead atoms. The Morgan fingerprint density at radius 3 is 2.67 bits per heavy atom. The highest BCUT2D eigenvalue weighted by atomic mass is 32.2. The first-order valence-electron chi connectivity index (χ1n) is 6.39. The number of oxazole rings is 1. The summed E-state index contributed by atoms with van der Waals surface area (Å²) in [6, 6.07) is 10.6. The van der Waals surface area contributed by atoms with Crippen LogP contribution in [0.1, 0.15) is 6.92 Å². The maximum absolute atomic E-state index is 13.7. The monoisotopic (exact) mass is 305 g/mol. The van der Waals surface area contributed by atoms with Crippen molar-refractivity contribution in [3.63, 3.8) is 0 Å². The molecule has 0 aliphatic heterocycles. The van der Waals surface area contributed by atoms with Crippen molar-refractivity contribution in [1.82, 2.24) is 4.98 Å². The van der Waals surface area contributed by atoms with Crippen LogP contribution in [0.25, 0.3) is 22.6 Å². The highest BCUT2D eigenvalue weighted by Crippen LogP contribution is 2.27. The zero-order chi connectivity index (χ0) is 15.0. The molecule has 21 heavy (non-hydrogen) atoms. The standard InChI is InChI=1S/C15H12FNO3S/c1-2-21(18,19)10-7-8-14-13(9-10)17-15(20-14)11-5-3-4-6-12(11)16/h3-9H,2H2,1H3. The molecule has 0 aliphatic carbocycles. The molecule has 0 atom stereocenters. The summed E-state index contributed by atoms with van der Waals surface area (Å²) in [4.78, 5) is 4.37. The van der Waals surface area contributed by atoms with E-state index in [1.165, 1.54) is 24.3 Å². The molecular formula is C15H12FNO3S. The highest BCUT2D eigenvalue weighted by Gasteiger charge is 2.16. The first-order chi connectivity index (χ1) is 10.0. The summed E-state index contributed by atoms with van der Waals surface area (Å²) in [5, 5.41) is 0. The Bertz CT molecular complexity index is 916. The van der Waals surface area contributed by atoms with Gasteiger partial charge in [0.05, 0.1) is 16.2 Å². The van der Waals surface area contributed by atoms with Crippen molar-refractivity contribution in [3.05, 3.63) is 48.3 Å². The van der Waals surface area contributed by atoms with Gasteiger partial charge in [0, 0.05) is 0 Å². The summed E-state index contributed by atoms with van der Waals surface area (Å²) >= 11 is 0. The van der Waals surface area contributed by atoms with Crippen LogP contribution in [0.15, 0.2) is 51.8 Å². The zero-order valence-electron chi connectivity index (χ0n) is 11.2. The van der Waals surface area contributed by atoms with Crippen LogP contribution in [0.5, 0.6) is 0 Å². The zero-order valence-corrected chi connectivity index (χ0v) is 12.0. The molecule has 0 radical (unpaired) electrons. The maximum Gasteiger partial charge on any atom is 0.230 e. The summed E-state index contributed by atoms with van der Waals surface area (Å²) in [6.45, 7) is 1.58. The Hall–Kier alpha value is -2.21. The lowest BCUT2D eigenvalue weighted by Gasteiger charge is -1.99. The lowest BCUT2D eigenvalue weighted by Crippen LogP contribution is -2.03. The molecule has 0 spiro atoms. The topological polar surface area (TPSA) is 60.2 Å². The molecule has 0 aliphatic rings. The van der Waals surface area contributed by atoms with Crippen LogP contribution >= 0.6 is 0 Å². The second-order valence-electron chi connectivity index (χ2n) is 4.53. The van der Waals surface area contributed by atoms with E-state index in [-0.39, 0.29) is 22.1 Å². The smallest absolute Gasteiger partial charge is 0.230 e. The average molecular weight is 305 g/mol. The van der Waals surface area contributed by atoms with Crippen molar-refractivity contribution in [2.45, 2.75) is 11.8 Å². The molecule has 4 nitrogen and oxygen atoms in total. The van der Waals surface area contributed by atoms with Gasteiger partial charge < -0.3 is 4.42 Å². The van der Waals surface area contributed by atoms with E-state index in [1.54, 1.807) is 25.1 Å². The van der Waals surface area contributed by atoms with Gasteiger partial charge in [-0.2, -0.15) is 0 Å². The van der Waals surface area contributed by atoms with Crippen molar-refractivity contribution in [2.24, 2.45) is 0 Å². The van der Waals surface area contributed by atoms with E-state index in [1.807, 2.05) is 0 Å². The molecule has 6 heteroatoms. The Kier molecular flexibility index (Phi) is 3.25. The van der Waals surface area contributed by atoms with Crippen molar-refractivity contribution in [1.29, 1.82) is 0 Å². The van der Waals surface area contributed by atoms with Gasteiger partial charge in [0.15, 0.2) is 15.4 Å². The van der Waals surface area contributed by atoms with E-state index in [0.717, 1.165) is 0 Å². The fraction of sp³-hybridized carbons (Fsp3) is 0.133.